The second-order valence-corrected chi connectivity index (χ2v) is 19.6. The number of benzene rings is 2. The first-order valence-electron chi connectivity index (χ1n) is 15.4. The van der Waals surface area contributed by atoms with E-state index < -0.39 is 7.92 Å². The first-order valence-corrected chi connectivity index (χ1v) is 19.9. The second kappa shape index (κ2) is 12.9. The second-order valence-electron chi connectivity index (χ2n) is 11.9. The molecule has 0 bridgehead atoms. The Morgan fingerprint density at radius 3 is 1.35 bits per heavy atom. The molecule has 2 aliphatic rings. The first-order chi connectivity index (χ1) is 19.5. The van der Waals surface area contributed by atoms with Gasteiger partial charge in [0.05, 0.1) is 0 Å². The minimum absolute atomic E-state index is 0.158. The van der Waals surface area contributed by atoms with Crippen LogP contribution in [0.1, 0.15) is 83.7 Å². The maximum Gasteiger partial charge on any atom is 0.0107 e. The van der Waals surface area contributed by atoms with Gasteiger partial charge < -0.3 is 0 Å². The van der Waals surface area contributed by atoms with E-state index in [4.69, 9.17) is 0 Å². The molecule has 2 aliphatic carbocycles. The van der Waals surface area contributed by atoms with Crippen LogP contribution in [0, 0.1) is 27.7 Å². The van der Waals surface area contributed by atoms with E-state index in [0.717, 1.165) is 11.3 Å². The molecule has 40 heavy (non-hydrogen) atoms. The molecule has 2 aromatic heterocycles. The molecule has 6 rings (SSSR count). The average Bonchev–Trinajstić information content (AvgIpc) is 3.43. The van der Waals surface area contributed by atoms with Gasteiger partial charge in [0.15, 0.2) is 0 Å². The largest absolute Gasteiger partial charge is 0.145 e. The molecule has 0 atom stereocenters. The summed E-state index contributed by atoms with van der Waals surface area (Å²) in [5.74, 6) is 0. The van der Waals surface area contributed by atoms with Crippen LogP contribution in [0.25, 0.3) is 11.1 Å². The van der Waals surface area contributed by atoms with Crippen LogP contribution in [0.4, 0.5) is 0 Å². The lowest BCUT2D eigenvalue weighted by Gasteiger charge is -2.39. The number of hydrogen-bond donors (Lipinski definition) is 0. The van der Waals surface area contributed by atoms with Gasteiger partial charge in [-0.2, -0.15) is 0 Å². The molecule has 210 valence electrons. The SMILES string of the molecule is Cc1sc(C)c(P(c2ccccc2)c2ccccc2)c1-c1c(C)sc(C)c1P(C1CCCCC1)C1CCCCC1. The molecule has 2 heterocycles. The van der Waals surface area contributed by atoms with Gasteiger partial charge in [0.2, 0.25) is 0 Å². The van der Waals surface area contributed by atoms with E-state index in [1.165, 1.54) is 84.6 Å². The van der Waals surface area contributed by atoms with E-state index >= 15 is 0 Å². The van der Waals surface area contributed by atoms with Crippen molar-refractivity contribution in [2.24, 2.45) is 0 Å². The fourth-order valence-corrected chi connectivity index (χ4v) is 17.0. The minimum atomic E-state index is -0.632. The predicted octanol–water partition coefficient (Wildman–Crippen LogP) is 10.2. The zero-order valence-corrected chi connectivity index (χ0v) is 28.1. The number of hydrogen-bond acceptors (Lipinski definition) is 2. The van der Waals surface area contributed by atoms with Crippen molar-refractivity contribution in [2.45, 2.75) is 103 Å². The summed E-state index contributed by atoms with van der Waals surface area (Å²) in [5.41, 5.74) is 5.12. The summed E-state index contributed by atoms with van der Waals surface area (Å²) in [7, 11) is -0.789. The fourth-order valence-electron chi connectivity index (χ4n) is 7.46. The van der Waals surface area contributed by atoms with E-state index in [-0.39, 0.29) is 7.92 Å². The van der Waals surface area contributed by atoms with Crippen LogP contribution in [-0.4, -0.2) is 11.3 Å². The van der Waals surface area contributed by atoms with Gasteiger partial charge in [-0.25, -0.2) is 0 Å². The van der Waals surface area contributed by atoms with Crippen LogP contribution in [0.5, 0.6) is 0 Å². The topological polar surface area (TPSA) is 0 Å². The van der Waals surface area contributed by atoms with Crippen LogP contribution < -0.4 is 21.2 Å². The Kier molecular flexibility index (Phi) is 9.30. The molecule has 0 radical (unpaired) electrons. The quantitative estimate of drug-likeness (QED) is 0.185. The highest BCUT2D eigenvalue weighted by Gasteiger charge is 2.38. The molecule has 0 N–H and O–H groups in total. The lowest BCUT2D eigenvalue weighted by atomic mass is 9.99. The Labute approximate surface area is 253 Å². The molecule has 0 nitrogen and oxygen atoms in total. The Bertz CT molecular complexity index is 1350. The van der Waals surface area contributed by atoms with Gasteiger partial charge in [0.25, 0.3) is 0 Å². The van der Waals surface area contributed by atoms with Crippen LogP contribution in [0.2, 0.25) is 0 Å². The summed E-state index contributed by atoms with van der Waals surface area (Å²) >= 11 is 4.15. The summed E-state index contributed by atoms with van der Waals surface area (Å²) in [6.45, 7) is 9.73. The van der Waals surface area contributed by atoms with Crippen molar-refractivity contribution >= 4 is 59.7 Å². The van der Waals surface area contributed by atoms with Gasteiger partial charge in [-0.05, 0) is 88.5 Å². The van der Waals surface area contributed by atoms with Crippen molar-refractivity contribution in [3.8, 4) is 11.1 Å². The number of rotatable bonds is 7. The summed E-state index contributed by atoms with van der Waals surface area (Å²) in [6.07, 6.45) is 14.5. The van der Waals surface area contributed by atoms with Crippen molar-refractivity contribution < 1.29 is 0 Å². The molecule has 0 unspecified atom stereocenters. The molecule has 0 aliphatic heterocycles. The Morgan fingerprint density at radius 2 is 0.900 bits per heavy atom. The van der Waals surface area contributed by atoms with Gasteiger partial charge in [0, 0.05) is 35.9 Å². The van der Waals surface area contributed by atoms with Crippen LogP contribution in [0.3, 0.4) is 0 Å². The van der Waals surface area contributed by atoms with Crippen molar-refractivity contribution in [1.29, 1.82) is 0 Å². The number of thiophene rings is 2. The van der Waals surface area contributed by atoms with E-state index in [2.05, 4.69) is 99.7 Å². The van der Waals surface area contributed by atoms with E-state index in [1.54, 1.807) is 26.2 Å². The van der Waals surface area contributed by atoms with Crippen molar-refractivity contribution in [3.05, 3.63) is 80.2 Å². The van der Waals surface area contributed by atoms with Gasteiger partial charge in [-0.15, -0.1) is 22.7 Å². The normalized spacial score (nSPS) is 17.2. The summed E-state index contributed by atoms with van der Waals surface area (Å²) in [5, 5.41) is 6.39. The van der Waals surface area contributed by atoms with Crippen molar-refractivity contribution in [1.82, 2.24) is 0 Å². The Morgan fingerprint density at radius 1 is 0.500 bits per heavy atom. The van der Waals surface area contributed by atoms with Crippen LogP contribution >= 0.6 is 38.5 Å². The van der Waals surface area contributed by atoms with E-state index in [9.17, 15) is 0 Å². The van der Waals surface area contributed by atoms with Crippen LogP contribution in [-0.2, 0) is 0 Å². The summed E-state index contributed by atoms with van der Waals surface area (Å²) in [6, 6.07) is 22.8. The standard InChI is InChI=1S/C36H44P2S2/c1-25-33(35(27(3)39-25)37(29-17-9-5-10-18-29)30-19-11-6-12-20-30)34-26(2)40-28(4)36(34)38(31-21-13-7-14-22-31)32-23-15-8-16-24-32/h5-6,9-12,17-20,31-32H,7-8,13-16,21-24H2,1-4H3. The molecule has 2 fully saturated rings. The highest BCUT2D eigenvalue weighted by atomic mass is 32.1. The summed E-state index contributed by atoms with van der Waals surface area (Å²) in [4.78, 5) is 6.23. The first kappa shape index (κ1) is 28.8. The van der Waals surface area contributed by atoms with E-state index in [0.29, 0.717) is 0 Å². The fraction of sp³-hybridized carbons (Fsp3) is 0.444. The van der Waals surface area contributed by atoms with E-state index in [1.807, 2.05) is 16.6 Å². The highest BCUT2D eigenvalue weighted by molar-refractivity contribution is 7.80. The smallest absolute Gasteiger partial charge is 0.0107 e. The molecule has 2 aromatic carbocycles. The molecule has 2 saturated carbocycles. The molecule has 0 amide bonds. The third-order valence-corrected chi connectivity index (χ3v) is 17.8. The monoisotopic (exact) mass is 602 g/mol. The van der Waals surface area contributed by atoms with Crippen LogP contribution in [0.15, 0.2) is 60.7 Å². The molecular formula is C36H44P2S2. The third kappa shape index (κ3) is 5.69. The number of aryl methyl sites for hydroxylation is 4. The molecule has 4 heteroatoms. The molecule has 0 spiro atoms. The predicted molar refractivity (Wildman–Crippen MR) is 186 cm³/mol. The molecule has 0 saturated heterocycles. The molecular weight excluding hydrogens is 558 g/mol. The van der Waals surface area contributed by atoms with Crippen molar-refractivity contribution in [2.75, 3.05) is 0 Å². The lowest BCUT2D eigenvalue weighted by molar-refractivity contribution is 0.487. The van der Waals surface area contributed by atoms with Gasteiger partial charge in [0.1, 0.15) is 0 Å². The van der Waals surface area contributed by atoms with Gasteiger partial charge in [-0.3, -0.25) is 0 Å². The molecule has 4 aromatic rings. The Hall–Kier alpha value is -1.30. The average molecular weight is 603 g/mol. The zero-order valence-electron chi connectivity index (χ0n) is 24.7. The van der Waals surface area contributed by atoms with Crippen molar-refractivity contribution in [3.63, 3.8) is 0 Å². The van der Waals surface area contributed by atoms with Gasteiger partial charge in [-0.1, -0.05) is 107 Å². The maximum atomic E-state index is 2.48. The third-order valence-electron chi connectivity index (χ3n) is 9.15. The zero-order chi connectivity index (χ0) is 27.6. The minimum Gasteiger partial charge on any atom is -0.145 e. The summed E-state index contributed by atoms with van der Waals surface area (Å²) < 4.78 is 0. The maximum absolute atomic E-state index is 2.48. The van der Waals surface area contributed by atoms with Gasteiger partial charge >= 0.3 is 0 Å². The lowest BCUT2D eigenvalue weighted by Crippen LogP contribution is -2.28. The Balaban J connectivity index is 1.57. The highest BCUT2D eigenvalue weighted by Crippen LogP contribution is 2.58.